The number of amides is 2. The van der Waals surface area contributed by atoms with Crippen molar-refractivity contribution in [2.24, 2.45) is 0 Å². The third-order valence-electron chi connectivity index (χ3n) is 4.21. The lowest BCUT2D eigenvalue weighted by molar-refractivity contribution is -0.122. The van der Waals surface area contributed by atoms with Crippen LogP contribution in [0.4, 0.5) is 0 Å². The molecular weight excluding hydrogens is 374 g/mol. The van der Waals surface area contributed by atoms with E-state index in [-0.39, 0.29) is 30.5 Å². The Labute approximate surface area is 171 Å². The van der Waals surface area contributed by atoms with Crippen LogP contribution in [0.2, 0.25) is 0 Å². The summed E-state index contributed by atoms with van der Waals surface area (Å²) >= 11 is 0. The Balaban J connectivity index is 2.08. The highest BCUT2D eigenvalue weighted by atomic mass is 16.5. The molecule has 2 aromatic rings. The minimum Gasteiger partial charge on any atom is -0.493 e. The highest BCUT2D eigenvalue weighted by Crippen LogP contribution is 2.30. The molecule has 2 rings (SSSR count). The maximum absolute atomic E-state index is 12.7. The van der Waals surface area contributed by atoms with E-state index in [4.69, 9.17) is 14.0 Å². The number of rotatable bonds is 7. The quantitative estimate of drug-likeness (QED) is 0.764. The zero-order valence-corrected chi connectivity index (χ0v) is 18.1. The number of hydrogen-bond acceptors (Lipinski definition) is 6. The summed E-state index contributed by atoms with van der Waals surface area (Å²) in [7, 11) is 3.09. The van der Waals surface area contributed by atoms with Crippen LogP contribution in [0.5, 0.6) is 11.5 Å². The van der Waals surface area contributed by atoms with Crippen LogP contribution >= 0.6 is 0 Å². The summed E-state index contributed by atoms with van der Waals surface area (Å²) < 4.78 is 16.3. The van der Waals surface area contributed by atoms with Gasteiger partial charge < -0.3 is 24.2 Å². The van der Waals surface area contributed by atoms with E-state index in [2.05, 4.69) is 10.5 Å². The number of benzene rings is 1. The SMILES string of the molecule is COc1cc(C(=O)N(C)CC(=O)NC(C)(C)C)ccc1OCc1c(C)noc1C. The maximum atomic E-state index is 12.7. The van der Waals surface area contributed by atoms with Gasteiger partial charge in [-0.15, -0.1) is 0 Å². The van der Waals surface area contributed by atoms with Gasteiger partial charge in [-0.1, -0.05) is 5.16 Å². The van der Waals surface area contributed by atoms with Crippen LogP contribution in [0.25, 0.3) is 0 Å². The van der Waals surface area contributed by atoms with Gasteiger partial charge in [0.2, 0.25) is 5.91 Å². The third kappa shape index (κ3) is 5.97. The average molecular weight is 403 g/mol. The Morgan fingerprint density at radius 2 is 1.90 bits per heavy atom. The van der Waals surface area contributed by atoms with Crippen molar-refractivity contribution in [3.05, 3.63) is 40.8 Å². The number of aromatic nitrogens is 1. The van der Waals surface area contributed by atoms with Gasteiger partial charge in [-0.2, -0.15) is 0 Å². The normalized spacial score (nSPS) is 11.1. The molecular formula is C21H29N3O5. The van der Waals surface area contributed by atoms with Gasteiger partial charge in [-0.05, 0) is 52.8 Å². The first-order chi connectivity index (χ1) is 13.5. The molecule has 0 aliphatic carbocycles. The van der Waals surface area contributed by atoms with Crippen molar-refractivity contribution in [3.8, 4) is 11.5 Å². The number of nitrogens with zero attached hydrogens (tertiary/aromatic N) is 2. The van der Waals surface area contributed by atoms with Crippen molar-refractivity contribution in [1.29, 1.82) is 0 Å². The predicted molar refractivity (Wildman–Crippen MR) is 108 cm³/mol. The van der Waals surface area contributed by atoms with Crippen LogP contribution in [-0.2, 0) is 11.4 Å². The first-order valence-electron chi connectivity index (χ1n) is 9.31. The number of nitrogens with one attached hydrogen (secondary N) is 1. The molecule has 2 amide bonds. The minimum atomic E-state index is -0.357. The average Bonchev–Trinajstić information content (AvgIpc) is 2.95. The first-order valence-corrected chi connectivity index (χ1v) is 9.31. The third-order valence-corrected chi connectivity index (χ3v) is 4.21. The van der Waals surface area contributed by atoms with E-state index in [0.29, 0.717) is 22.8 Å². The molecule has 29 heavy (non-hydrogen) atoms. The lowest BCUT2D eigenvalue weighted by atomic mass is 10.1. The molecule has 0 aliphatic heterocycles. The molecule has 0 spiro atoms. The van der Waals surface area contributed by atoms with Crippen molar-refractivity contribution in [1.82, 2.24) is 15.4 Å². The van der Waals surface area contributed by atoms with E-state index in [9.17, 15) is 9.59 Å². The molecule has 1 heterocycles. The van der Waals surface area contributed by atoms with Gasteiger partial charge in [0.25, 0.3) is 5.91 Å². The van der Waals surface area contributed by atoms with Crippen molar-refractivity contribution in [3.63, 3.8) is 0 Å². The summed E-state index contributed by atoms with van der Waals surface area (Å²) in [6.07, 6.45) is 0. The fraction of sp³-hybridized carbons (Fsp3) is 0.476. The van der Waals surface area contributed by atoms with Crippen molar-refractivity contribution < 1.29 is 23.6 Å². The summed E-state index contributed by atoms with van der Waals surface area (Å²) in [5, 5.41) is 6.74. The number of carbonyl (C=O) groups excluding carboxylic acids is 2. The van der Waals surface area contributed by atoms with Gasteiger partial charge in [0.1, 0.15) is 12.4 Å². The second-order valence-corrected chi connectivity index (χ2v) is 7.92. The summed E-state index contributed by atoms with van der Waals surface area (Å²) in [6.45, 7) is 9.57. The Kier molecular flexibility index (Phi) is 6.89. The Bertz CT molecular complexity index is 863. The van der Waals surface area contributed by atoms with Crippen LogP contribution in [-0.4, -0.2) is 48.1 Å². The minimum absolute atomic E-state index is 0.0390. The number of ether oxygens (including phenoxy) is 2. The molecule has 0 atom stereocenters. The molecule has 0 bridgehead atoms. The fourth-order valence-corrected chi connectivity index (χ4v) is 2.74. The van der Waals surface area contributed by atoms with Crippen LogP contribution < -0.4 is 14.8 Å². The van der Waals surface area contributed by atoms with E-state index in [1.54, 1.807) is 25.2 Å². The first kappa shape index (κ1) is 22.3. The standard InChI is InChI=1S/C21H29N3O5/c1-13-16(14(2)29-23-13)12-28-17-9-8-15(10-18(17)27-7)20(26)24(6)11-19(25)22-21(3,4)5/h8-10H,11-12H2,1-7H3,(H,22,25). The van der Waals surface area contributed by atoms with Gasteiger partial charge in [-0.25, -0.2) is 0 Å². The maximum Gasteiger partial charge on any atom is 0.254 e. The molecule has 0 unspecified atom stereocenters. The lowest BCUT2D eigenvalue weighted by Crippen LogP contribution is -2.46. The molecule has 8 nitrogen and oxygen atoms in total. The van der Waals surface area contributed by atoms with Crippen LogP contribution in [0.1, 0.15) is 48.1 Å². The smallest absolute Gasteiger partial charge is 0.254 e. The van der Waals surface area contributed by atoms with Crippen molar-refractivity contribution in [2.45, 2.75) is 46.8 Å². The molecule has 0 fully saturated rings. The highest BCUT2D eigenvalue weighted by molar-refractivity contribution is 5.97. The van der Waals surface area contributed by atoms with E-state index in [1.165, 1.54) is 12.0 Å². The van der Waals surface area contributed by atoms with E-state index in [1.807, 2.05) is 34.6 Å². The largest absolute Gasteiger partial charge is 0.493 e. The molecule has 1 aromatic carbocycles. The van der Waals surface area contributed by atoms with Crippen LogP contribution in [0.3, 0.4) is 0 Å². The molecule has 158 valence electrons. The molecule has 1 N–H and O–H groups in total. The molecule has 1 aromatic heterocycles. The van der Waals surface area contributed by atoms with E-state index in [0.717, 1.165) is 11.3 Å². The molecule has 0 saturated carbocycles. The monoisotopic (exact) mass is 403 g/mol. The lowest BCUT2D eigenvalue weighted by Gasteiger charge is -2.23. The van der Waals surface area contributed by atoms with E-state index >= 15 is 0 Å². The van der Waals surface area contributed by atoms with Gasteiger partial charge >= 0.3 is 0 Å². The van der Waals surface area contributed by atoms with Gasteiger partial charge in [-0.3, -0.25) is 9.59 Å². The van der Waals surface area contributed by atoms with Crippen LogP contribution in [0.15, 0.2) is 22.7 Å². The number of hydrogen-bond donors (Lipinski definition) is 1. The summed E-state index contributed by atoms with van der Waals surface area (Å²) in [6, 6.07) is 4.92. The second-order valence-electron chi connectivity index (χ2n) is 7.92. The van der Waals surface area contributed by atoms with Gasteiger partial charge in [0, 0.05) is 18.2 Å². The molecule has 0 saturated heterocycles. The number of aryl methyl sites for hydroxylation is 2. The van der Waals surface area contributed by atoms with E-state index < -0.39 is 0 Å². The molecule has 0 radical (unpaired) electrons. The molecule has 8 heteroatoms. The highest BCUT2D eigenvalue weighted by Gasteiger charge is 2.20. The summed E-state index contributed by atoms with van der Waals surface area (Å²) in [5.74, 6) is 1.11. The number of carbonyl (C=O) groups is 2. The summed E-state index contributed by atoms with van der Waals surface area (Å²) in [4.78, 5) is 26.1. The van der Waals surface area contributed by atoms with Crippen molar-refractivity contribution in [2.75, 3.05) is 20.7 Å². The second kappa shape index (κ2) is 8.98. The number of likely N-dealkylation sites (N-methyl/N-ethyl adjacent to an activating group) is 1. The Hall–Kier alpha value is -3.03. The van der Waals surface area contributed by atoms with Crippen molar-refractivity contribution >= 4 is 11.8 Å². The summed E-state index contributed by atoms with van der Waals surface area (Å²) in [5.41, 5.74) is 1.68. The Morgan fingerprint density at radius 3 is 2.45 bits per heavy atom. The Morgan fingerprint density at radius 1 is 1.21 bits per heavy atom. The number of methoxy groups -OCH3 is 1. The van der Waals surface area contributed by atoms with Crippen LogP contribution in [0, 0.1) is 13.8 Å². The van der Waals surface area contributed by atoms with Gasteiger partial charge in [0.15, 0.2) is 11.5 Å². The predicted octanol–water partition coefficient (Wildman–Crippen LogP) is 2.87. The zero-order valence-electron chi connectivity index (χ0n) is 18.1. The zero-order chi connectivity index (χ0) is 21.8. The van der Waals surface area contributed by atoms with Gasteiger partial charge in [0.05, 0.1) is 24.9 Å². The molecule has 0 aliphatic rings. The topological polar surface area (TPSA) is 93.9 Å². The fourth-order valence-electron chi connectivity index (χ4n) is 2.74.